The van der Waals surface area contributed by atoms with Gasteiger partial charge in [0.25, 0.3) is 0 Å². The van der Waals surface area contributed by atoms with E-state index in [0.29, 0.717) is 5.56 Å². The number of halogens is 3. The van der Waals surface area contributed by atoms with Gasteiger partial charge in [0.05, 0.1) is 10.8 Å². The van der Waals surface area contributed by atoms with Crippen molar-refractivity contribution in [3.8, 4) is 0 Å². The first-order valence-corrected chi connectivity index (χ1v) is 7.79. The van der Waals surface area contributed by atoms with E-state index in [1.54, 1.807) is 25.1 Å². The minimum Gasteiger partial charge on any atom is -0.207 e. The molecule has 1 saturated heterocycles. The Morgan fingerprint density at radius 1 is 1.25 bits per heavy atom. The largest absolute Gasteiger partial charge is 0.393 e. The number of nitrogens with zero attached hydrogens (tertiary/aromatic N) is 1. The maximum Gasteiger partial charge on any atom is 0.393 e. The molecule has 0 radical (unpaired) electrons. The van der Waals surface area contributed by atoms with Crippen LogP contribution in [0.1, 0.15) is 18.4 Å². The highest BCUT2D eigenvalue weighted by Gasteiger charge is 2.44. The van der Waals surface area contributed by atoms with Crippen molar-refractivity contribution in [2.24, 2.45) is 5.92 Å². The molecule has 1 heterocycles. The second-order valence-electron chi connectivity index (χ2n) is 5.01. The molecule has 20 heavy (non-hydrogen) atoms. The summed E-state index contributed by atoms with van der Waals surface area (Å²) in [5.74, 6) is -1.57. The molecule has 0 aliphatic carbocycles. The average Bonchev–Trinajstić information content (AvgIpc) is 2.38. The maximum atomic E-state index is 12.8. The summed E-state index contributed by atoms with van der Waals surface area (Å²) < 4.78 is 64.1. The summed E-state index contributed by atoms with van der Waals surface area (Å²) in [7, 11) is -3.85. The van der Waals surface area contributed by atoms with Crippen LogP contribution in [0.15, 0.2) is 29.2 Å². The van der Waals surface area contributed by atoms with E-state index in [-0.39, 0.29) is 24.3 Å². The Morgan fingerprint density at radius 2 is 1.90 bits per heavy atom. The monoisotopic (exact) mass is 307 g/mol. The number of rotatable bonds is 2. The van der Waals surface area contributed by atoms with Crippen LogP contribution in [0.3, 0.4) is 0 Å². The van der Waals surface area contributed by atoms with Gasteiger partial charge in [0, 0.05) is 13.1 Å². The molecule has 112 valence electrons. The van der Waals surface area contributed by atoms with E-state index < -0.39 is 28.7 Å². The highest BCUT2D eigenvalue weighted by Crippen LogP contribution is 2.35. The fourth-order valence-corrected chi connectivity index (χ4v) is 4.16. The third-order valence-corrected chi connectivity index (χ3v) is 5.58. The zero-order chi connectivity index (χ0) is 15.0. The molecule has 3 nitrogen and oxygen atoms in total. The Bertz CT molecular complexity index is 584. The van der Waals surface area contributed by atoms with E-state index in [2.05, 4.69) is 0 Å². The van der Waals surface area contributed by atoms with Crippen LogP contribution in [0.4, 0.5) is 13.2 Å². The number of benzene rings is 1. The van der Waals surface area contributed by atoms with Gasteiger partial charge >= 0.3 is 6.18 Å². The summed E-state index contributed by atoms with van der Waals surface area (Å²) in [5.41, 5.74) is 0.543. The Labute approximate surface area is 116 Å². The third kappa shape index (κ3) is 2.98. The van der Waals surface area contributed by atoms with Crippen molar-refractivity contribution in [2.75, 3.05) is 13.1 Å². The van der Waals surface area contributed by atoms with E-state index in [1.165, 1.54) is 6.07 Å². The Morgan fingerprint density at radius 3 is 2.50 bits per heavy atom. The van der Waals surface area contributed by atoms with Gasteiger partial charge in [-0.05, 0) is 31.4 Å². The fourth-order valence-electron chi connectivity index (χ4n) is 2.41. The zero-order valence-corrected chi connectivity index (χ0v) is 11.8. The summed E-state index contributed by atoms with van der Waals surface area (Å²) in [4.78, 5) is 0.0859. The molecule has 1 aliphatic heterocycles. The van der Waals surface area contributed by atoms with Crippen molar-refractivity contribution in [3.05, 3.63) is 29.8 Å². The summed E-state index contributed by atoms with van der Waals surface area (Å²) in [6.45, 7) is 1.29. The molecule has 1 aliphatic rings. The first-order chi connectivity index (χ1) is 9.23. The second kappa shape index (κ2) is 5.37. The average molecular weight is 307 g/mol. The van der Waals surface area contributed by atoms with Crippen LogP contribution in [0, 0.1) is 12.8 Å². The molecule has 7 heteroatoms. The van der Waals surface area contributed by atoms with Crippen LogP contribution >= 0.6 is 0 Å². The van der Waals surface area contributed by atoms with Gasteiger partial charge in [-0.3, -0.25) is 0 Å². The summed E-state index contributed by atoms with van der Waals surface area (Å²) >= 11 is 0. The normalized spacial score (nSPS) is 21.9. The molecule has 0 bridgehead atoms. The lowest BCUT2D eigenvalue weighted by atomic mass is 9.99. The van der Waals surface area contributed by atoms with Gasteiger partial charge < -0.3 is 0 Å². The van der Waals surface area contributed by atoms with Crippen LogP contribution in [-0.4, -0.2) is 32.0 Å². The van der Waals surface area contributed by atoms with Crippen molar-refractivity contribution >= 4 is 10.0 Å². The van der Waals surface area contributed by atoms with Crippen molar-refractivity contribution < 1.29 is 21.6 Å². The Kier molecular flexibility index (Phi) is 4.11. The summed E-state index contributed by atoms with van der Waals surface area (Å²) in [6.07, 6.45) is -4.13. The summed E-state index contributed by atoms with van der Waals surface area (Å²) in [5, 5.41) is 0. The lowest BCUT2D eigenvalue weighted by molar-refractivity contribution is -0.182. The van der Waals surface area contributed by atoms with Crippen molar-refractivity contribution in [1.29, 1.82) is 0 Å². The molecule has 2 rings (SSSR count). The molecule has 0 saturated carbocycles. The van der Waals surface area contributed by atoms with E-state index >= 15 is 0 Å². The Hall–Kier alpha value is -1.08. The van der Waals surface area contributed by atoms with Gasteiger partial charge in [-0.1, -0.05) is 18.2 Å². The van der Waals surface area contributed by atoms with E-state index in [1.807, 2.05) is 0 Å². The van der Waals surface area contributed by atoms with Crippen LogP contribution < -0.4 is 0 Å². The smallest absolute Gasteiger partial charge is 0.207 e. The minimum absolute atomic E-state index is 0.0106. The number of hydrogen-bond donors (Lipinski definition) is 0. The predicted molar refractivity (Wildman–Crippen MR) is 68.7 cm³/mol. The van der Waals surface area contributed by atoms with Gasteiger partial charge in [0.15, 0.2) is 0 Å². The highest BCUT2D eigenvalue weighted by atomic mass is 32.2. The standard InChI is InChI=1S/C13H16F3NO2S/c1-10-5-2-3-7-12(10)20(18,19)17-8-4-6-11(9-17)13(14,15)16/h2-3,5,7,11H,4,6,8-9H2,1H3. The Balaban J connectivity index is 2.29. The highest BCUT2D eigenvalue weighted by molar-refractivity contribution is 7.89. The zero-order valence-electron chi connectivity index (χ0n) is 11.0. The molecule has 0 spiro atoms. The molecule has 1 atom stereocenters. The quantitative estimate of drug-likeness (QED) is 0.842. The van der Waals surface area contributed by atoms with Crippen LogP contribution in [0.5, 0.6) is 0 Å². The molecular weight excluding hydrogens is 291 g/mol. The molecule has 0 amide bonds. The lowest BCUT2D eigenvalue weighted by Crippen LogP contribution is -2.44. The predicted octanol–water partition coefficient (Wildman–Crippen LogP) is 2.96. The van der Waals surface area contributed by atoms with Gasteiger partial charge in [0.1, 0.15) is 0 Å². The number of piperidine rings is 1. The van der Waals surface area contributed by atoms with Crippen molar-refractivity contribution in [1.82, 2.24) is 4.31 Å². The van der Waals surface area contributed by atoms with Crippen molar-refractivity contribution in [2.45, 2.75) is 30.8 Å². The molecular formula is C13H16F3NO2S. The molecule has 1 aromatic carbocycles. The van der Waals surface area contributed by atoms with E-state index in [4.69, 9.17) is 0 Å². The molecule has 0 N–H and O–H groups in total. The molecule has 0 aromatic heterocycles. The maximum absolute atomic E-state index is 12.8. The number of hydrogen-bond acceptors (Lipinski definition) is 2. The third-order valence-electron chi connectivity index (χ3n) is 3.56. The first kappa shape index (κ1) is 15.3. The van der Waals surface area contributed by atoms with E-state index in [0.717, 1.165) is 4.31 Å². The SMILES string of the molecule is Cc1ccccc1S(=O)(=O)N1CCCC(C(F)(F)F)C1. The molecule has 1 fully saturated rings. The van der Waals surface area contributed by atoms with Gasteiger partial charge in [-0.2, -0.15) is 17.5 Å². The van der Waals surface area contributed by atoms with Crippen LogP contribution in [0.2, 0.25) is 0 Å². The van der Waals surface area contributed by atoms with Gasteiger partial charge in [-0.25, -0.2) is 8.42 Å². The van der Waals surface area contributed by atoms with Crippen LogP contribution in [-0.2, 0) is 10.0 Å². The lowest BCUT2D eigenvalue weighted by Gasteiger charge is -2.33. The molecule has 1 aromatic rings. The van der Waals surface area contributed by atoms with Crippen LogP contribution in [0.25, 0.3) is 0 Å². The number of sulfonamides is 1. The van der Waals surface area contributed by atoms with E-state index in [9.17, 15) is 21.6 Å². The molecule has 1 unspecified atom stereocenters. The topological polar surface area (TPSA) is 37.4 Å². The second-order valence-corrected chi connectivity index (χ2v) is 6.92. The number of aryl methyl sites for hydroxylation is 1. The minimum atomic E-state index is -4.35. The van der Waals surface area contributed by atoms with Gasteiger partial charge in [0.2, 0.25) is 10.0 Å². The number of alkyl halides is 3. The van der Waals surface area contributed by atoms with Crippen molar-refractivity contribution in [3.63, 3.8) is 0 Å². The summed E-state index contributed by atoms with van der Waals surface area (Å²) in [6, 6.07) is 6.34. The fraction of sp³-hybridized carbons (Fsp3) is 0.538. The first-order valence-electron chi connectivity index (χ1n) is 6.35. The van der Waals surface area contributed by atoms with Gasteiger partial charge in [-0.15, -0.1) is 0 Å².